The molecule has 4 saturated carbocycles. The highest BCUT2D eigenvalue weighted by atomic mass is 19.1. The van der Waals surface area contributed by atoms with Gasteiger partial charge in [0.15, 0.2) is 11.6 Å². The van der Waals surface area contributed by atoms with Crippen molar-refractivity contribution in [3.63, 3.8) is 0 Å². The van der Waals surface area contributed by atoms with E-state index in [2.05, 4.69) is 15.3 Å². The number of anilines is 3. The predicted molar refractivity (Wildman–Crippen MR) is 132 cm³/mol. The number of carbonyl (C=O) groups excluding carboxylic acids is 1. The van der Waals surface area contributed by atoms with E-state index in [1.54, 1.807) is 17.2 Å². The van der Waals surface area contributed by atoms with Crippen LogP contribution < -0.4 is 20.9 Å². The van der Waals surface area contributed by atoms with Crippen LogP contribution in [-0.4, -0.2) is 58.3 Å². The number of hydrogen-bond donors (Lipinski definition) is 3. The Morgan fingerprint density at radius 2 is 1.86 bits per heavy atom. The lowest BCUT2D eigenvalue weighted by Crippen LogP contribution is -2.61. The number of carbonyl (C=O) groups is 1. The summed E-state index contributed by atoms with van der Waals surface area (Å²) >= 11 is 0. The summed E-state index contributed by atoms with van der Waals surface area (Å²) < 4.78 is 28.9. The Bertz CT molecular complexity index is 1160. The average molecular weight is 499 g/mol. The molecule has 10 heteroatoms. The van der Waals surface area contributed by atoms with Gasteiger partial charge in [0.1, 0.15) is 11.4 Å². The van der Waals surface area contributed by atoms with Crippen molar-refractivity contribution in [2.45, 2.75) is 56.7 Å². The average Bonchev–Trinajstić information content (AvgIpc) is 2.80. The smallest absolute Gasteiger partial charge is 0.270 e. The van der Waals surface area contributed by atoms with Crippen LogP contribution in [0.5, 0.6) is 0 Å². The number of piperazine rings is 1. The van der Waals surface area contributed by atoms with Gasteiger partial charge < -0.3 is 26.0 Å². The highest BCUT2D eigenvalue weighted by molar-refractivity contribution is 5.92. The van der Waals surface area contributed by atoms with Crippen molar-refractivity contribution in [2.75, 3.05) is 35.2 Å². The van der Waals surface area contributed by atoms with E-state index in [0.717, 1.165) is 44.2 Å². The van der Waals surface area contributed by atoms with Gasteiger partial charge in [-0.2, -0.15) is 0 Å². The van der Waals surface area contributed by atoms with Crippen molar-refractivity contribution in [1.29, 1.82) is 0 Å². The summed E-state index contributed by atoms with van der Waals surface area (Å²) in [6, 6.07) is 3.80. The van der Waals surface area contributed by atoms with Gasteiger partial charge in [0.05, 0.1) is 5.60 Å². The van der Waals surface area contributed by atoms with E-state index in [4.69, 9.17) is 5.73 Å². The largest absolute Gasteiger partial charge is 0.399 e. The Morgan fingerprint density at radius 1 is 1.17 bits per heavy atom. The fourth-order valence-electron chi connectivity index (χ4n) is 7.40. The Morgan fingerprint density at radius 3 is 2.50 bits per heavy atom. The Kier molecular flexibility index (Phi) is 5.55. The first-order chi connectivity index (χ1) is 17.2. The molecular formula is C26H32F2N6O2. The lowest BCUT2D eigenvalue weighted by Gasteiger charge is -2.58. The number of hydrogen-bond acceptors (Lipinski definition) is 7. The van der Waals surface area contributed by atoms with Crippen LogP contribution in [0, 0.1) is 29.4 Å². The van der Waals surface area contributed by atoms with Crippen molar-refractivity contribution >= 4 is 23.2 Å². The van der Waals surface area contributed by atoms with Crippen molar-refractivity contribution in [1.82, 2.24) is 15.3 Å². The number of aliphatic hydroxyl groups is 1. The molecule has 4 bridgehead atoms. The SMILES string of the molecule is C[C@@H]1CN(c2c(F)cc(N)cc2F)CCN1c1nccc(C(=O)N[C@H]2C3CC4CC2C[C@](O)(C4)C3)n1. The fraction of sp³-hybridized carbons (Fsp3) is 0.577. The highest BCUT2D eigenvalue weighted by Gasteiger charge is 2.55. The van der Waals surface area contributed by atoms with Gasteiger partial charge in [-0.1, -0.05) is 0 Å². The van der Waals surface area contributed by atoms with E-state index >= 15 is 0 Å². The third-order valence-electron chi connectivity index (χ3n) is 8.65. The number of nitrogens with zero attached hydrogens (tertiary/aromatic N) is 4. The summed E-state index contributed by atoms with van der Waals surface area (Å²) in [5, 5.41) is 14.0. The van der Waals surface area contributed by atoms with Crippen LogP contribution in [0.3, 0.4) is 0 Å². The van der Waals surface area contributed by atoms with Crippen molar-refractivity contribution in [3.05, 3.63) is 41.7 Å². The molecule has 2 aromatic rings. The van der Waals surface area contributed by atoms with E-state index < -0.39 is 17.2 Å². The predicted octanol–water partition coefficient (Wildman–Crippen LogP) is 2.72. The Labute approximate surface area is 208 Å². The van der Waals surface area contributed by atoms with Gasteiger partial charge in [0.2, 0.25) is 5.95 Å². The van der Waals surface area contributed by atoms with E-state index in [1.165, 1.54) is 0 Å². The monoisotopic (exact) mass is 498 g/mol. The van der Waals surface area contributed by atoms with E-state index in [-0.39, 0.29) is 29.4 Å². The van der Waals surface area contributed by atoms with Gasteiger partial charge in [0.25, 0.3) is 5.91 Å². The van der Waals surface area contributed by atoms with Crippen LogP contribution >= 0.6 is 0 Å². The molecule has 8 nitrogen and oxygen atoms in total. The molecule has 36 heavy (non-hydrogen) atoms. The molecule has 7 rings (SSSR count). The molecule has 192 valence electrons. The number of nitrogens with two attached hydrogens (primary N) is 1. The molecule has 2 unspecified atom stereocenters. The first-order valence-corrected chi connectivity index (χ1v) is 12.8. The van der Waals surface area contributed by atoms with E-state index in [1.807, 2.05) is 11.8 Å². The minimum atomic E-state index is -0.681. The van der Waals surface area contributed by atoms with Gasteiger partial charge in [0, 0.05) is 43.6 Å². The molecule has 2 heterocycles. The molecule has 1 saturated heterocycles. The van der Waals surface area contributed by atoms with Crippen LogP contribution in [0.1, 0.15) is 49.5 Å². The molecule has 0 spiro atoms. The third-order valence-corrected chi connectivity index (χ3v) is 8.65. The molecule has 5 aliphatic rings. The summed E-state index contributed by atoms with van der Waals surface area (Å²) in [6.07, 6.45) is 6.13. The number of amides is 1. The zero-order chi connectivity index (χ0) is 25.2. The lowest BCUT2D eigenvalue weighted by molar-refractivity contribution is -0.136. The second-order valence-electron chi connectivity index (χ2n) is 11.3. The van der Waals surface area contributed by atoms with E-state index in [9.17, 15) is 18.7 Å². The van der Waals surface area contributed by atoms with Crippen molar-refractivity contribution in [3.8, 4) is 0 Å². The Hall–Kier alpha value is -3.01. The zero-order valence-corrected chi connectivity index (χ0v) is 20.3. The molecule has 4 N–H and O–H groups in total. The molecule has 1 aromatic heterocycles. The van der Waals surface area contributed by atoms with Gasteiger partial charge in [-0.05, 0) is 75.0 Å². The number of halogens is 2. The molecule has 4 aliphatic carbocycles. The number of rotatable bonds is 4. The molecular weight excluding hydrogens is 466 g/mol. The Balaban J connectivity index is 1.14. The van der Waals surface area contributed by atoms with Crippen molar-refractivity contribution < 1.29 is 18.7 Å². The highest BCUT2D eigenvalue weighted by Crippen LogP contribution is 2.55. The summed E-state index contributed by atoms with van der Waals surface area (Å²) in [6.45, 7) is 3.13. The summed E-state index contributed by atoms with van der Waals surface area (Å²) in [7, 11) is 0. The molecule has 3 atom stereocenters. The second-order valence-corrected chi connectivity index (χ2v) is 11.3. The zero-order valence-electron chi connectivity index (χ0n) is 20.3. The summed E-state index contributed by atoms with van der Waals surface area (Å²) in [5.41, 5.74) is 5.28. The van der Waals surface area contributed by atoms with E-state index in [0.29, 0.717) is 49.0 Å². The number of nitrogen functional groups attached to an aromatic ring is 1. The number of nitrogens with one attached hydrogen (secondary N) is 1. The summed E-state index contributed by atoms with van der Waals surface area (Å²) in [5.74, 6) is 0.0388. The maximum absolute atomic E-state index is 14.4. The number of aromatic nitrogens is 2. The first-order valence-electron chi connectivity index (χ1n) is 12.8. The topological polar surface area (TPSA) is 108 Å². The third kappa shape index (κ3) is 4.05. The molecule has 1 amide bonds. The molecule has 1 aromatic carbocycles. The molecule has 0 radical (unpaired) electrons. The maximum atomic E-state index is 14.4. The van der Waals surface area contributed by atoms with Crippen LogP contribution in [0.15, 0.2) is 24.4 Å². The van der Waals surface area contributed by atoms with Gasteiger partial charge >= 0.3 is 0 Å². The van der Waals surface area contributed by atoms with Gasteiger partial charge in [-0.25, -0.2) is 18.7 Å². The fourth-order valence-corrected chi connectivity index (χ4v) is 7.40. The van der Waals surface area contributed by atoms with Crippen LogP contribution in [0.25, 0.3) is 0 Å². The summed E-state index contributed by atoms with van der Waals surface area (Å²) in [4.78, 5) is 25.8. The second kappa shape index (κ2) is 8.54. The maximum Gasteiger partial charge on any atom is 0.270 e. The molecule has 5 fully saturated rings. The first kappa shape index (κ1) is 23.4. The molecule has 1 aliphatic heterocycles. The minimum absolute atomic E-state index is 0.0495. The van der Waals surface area contributed by atoms with Crippen molar-refractivity contribution in [2.24, 2.45) is 17.8 Å². The number of benzene rings is 1. The van der Waals surface area contributed by atoms with Gasteiger partial charge in [-0.3, -0.25) is 4.79 Å². The standard InChI is InChI=1S/C26H32F2N6O2/c1-14-13-33(23-19(27)8-18(29)9-20(23)28)4-5-34(14)25-30-3-2-21(31-25)24(35)32-22-16-6-15-7-17(22)12-26(36,10-15)11-16/h2-3,8-9,14-17,22,36H,4-7,10-13,29H2,1H3,(H,32,35)/t14-,15?,16?,17?,22-,26-/m1/s1. The van der Waals surface area contributed by atoms with Gasteiger partial charge in [-0.15, -0.1) is 0 Å². The van der Waals surface area contributed by atoms with Crippen LogP contribution in [0.2, 0.25) is 0 Å². The lowest BCUT2D eigenvalue weighted by atomic mass is 9.52. The normalized spacial score (nSPS) is 33.2. The quantitative estimate of drug-likeness (QED) is 0.557. The van der Waals surface area contributed by atoms with Crippen LogP contribution in [-0.2, 0) is 0 Å². The van der Waals surface area contributed by atoms with Crippen LogP contribution in [0.4, 0.5) is 26.1 Å². The minimum Gasteiger partial charge on any atom is -0.399 e.